The summed E-state index contributed by atoms with van der Waals surface area (Å²) < 4.78 is 5.61. The quantitative estimate of drug-likeness (QED) is 0.468. The van der Waals surface area contributed by atoms with Gasteiger partial charge < -0.3 is 20.5 Å². The van der Waals surface area contributed by atoms with Gasteiger partial charge in [0.2, 0.25) is 5.91 Å². The number of rotatable bonds is 7. The molecule has 35 heavy (non-hydrogen) atoms. The highest BCUT2D eigenvalue weighted by molar-refractivity contribution is 7.13. The second kappa shape index (κ2) is 9.59. The van der Waals surface area contributed by atoms with Crippen molar-refractivity contribution in [2.75, 3.05) is 6.61 Å². The standard InChI is InChI=1S/C26H25N3O5S/c30-18-10-8-16(9-11-18)13-19(24(33)29-26-12-4-7-22(26)34-14-21(26)31)27-23(32)20-15-35-25(28-20)17-5-2-1-3-6-17/h1-3,5-6,8-11,15,19,22,30H,4,7,12-14H2,(H,27,32)(H,29,33). The topological polar surface area (TPSA) is 118 Å². The van der Waals surface area contributed by atoms with E-state index in [2.05, 4.69) is 15.6 Å². The number of hydrogen-bond donors (Lipinski definition) is 3. The molecule has 8 nitrogen and oxygen atoms in total. The Bertz CT molecular complexity index is 1240. The Morgan fingerprint density at radius 1 is 1.17 bits per heavy atom. The lowest BCUT2D eigenvalue weighted by Crippen LogP contribution is -2.60. The molecule has 2 aromatic carbocycles. The number of fused-ring (bicyclic) bond motifs is 1. The van der Waals surface area contributed by atoms with Crippen LogP contribution in [-0.2, 0) is 20.7 Å². The maximum atomic E-state index is 13.4. The van der Waals surface area contributed by atoms with E-state index in [1.165, 1.54) is 23.5 Å². The van der Waals surface area contributed by atoms with Crippen molar-refractivity contribution in [3.8, 4) is 16.3 Å². The van der Waals surface area contributed by atoms with E-state index in [9.17, 15) is 19.5 Å². The first-order valence-electron chi connectivity index (χ1n) is 11.5. The van der Waals surface area contributed by atoms with Gasteiger partial charge >= 0.3 is 0 Å². The number of ether oxygens (including phenoxy) is 1. The third-order valence-corrected chi connectivity index (χ3v) is 7.49. The molecule has 3 N–H and O–H groups in total. The second-order valence-electron chi connectivity index (χ2n) is 8.88. The predicted octanol–water partition coefficient (Wildman–Crippen LogP) is 2.86. The Kier molecular flexibility index (Phi) is 6.36. The summed E-state index contributed by atoms with van der Waals surface area (Å²) in [7, 11) is 0. The number of amides is 2. The molecule has 0 radical (unpaired) electrons. The molecule has 0 spiro atoms. The summed E-state index contributed by atoms with van der Waals surface area (Å²) >= 11 is 1.35. The first-order chi connectivity index (χ1) is 16.9. The Morgan fingerprint density at radius 3 is 2.71 bits per heavy atom. The molecule has 1 aromatic heterocycles. The molecular weight excluding hydrogens is 466 g/mol. The second-order valence-corrected chi connectivity index (χ2v) is 9.73. The summed E-state index contributed by atoms with van der Waals surface area (Å²) in [6.07, 6.45) is 1.86. The Morgan fingerprint density at radius 2 is 1.94 bits per heavy atom. The largest absolute Gasteiger partial charge is 0.508 e. The highest BCUT2D eigenvalue weighted by Gasteiger charge is 2.55. The van der Waals surface area contributed by atoms with Crippen molar-refractivity contribution < 1.29 is 24.2 Å². The Labute approximate surface area is 206 Å². The van der Waals surface area contributed by atoms with Crippen LogP contribution in [0.3, 0.4) is 0 Å². The zero-order chi connectivity index (χ0) is 24.4. The van der Waals surface area contributed by atoms with E-state index in [-0.39, 0.29) is 36.4 Å². The number of hydrogen-bond acceptors (Lipinski definition) is 7. The molecule has 1 saturated carbocycles. The van der Waals surface area contributed by atoms with E-state index in [1.54, 1.807) is 17.5 Å². The maximum absolute atomic E-state index is 13.4. The highest BCUT2D eigenvalue weighted by Crippen LogP contribution is 2.38. The predicted molar refractivity (Wildman–Crippen MR) is 130 cm³/mol. The molecule has 5 rings (SSSR count). The average molecular weight is 492 g/mol. The number of nitrogens with one attached hydrogen (secondary N) is 2. The summed E-state index contributed by atoms with van der Waals surface area (Å²) in [6.45, 7) is -0.0129. The van der Waals surface area contributed by atoms with Gasteiger partial charge in [0.05, 0.1) is 6.10 Å². The van der Waals surface area contributed by atoms with Gasteiger partial charge in [0.1, 0.15) is 34.6 Å². The third kappa shape index (κ3) is 4.69. The molecule has 2 amide bonds. The number of aromatic nitrogens is 1. The number of benzene rings is 2. The number of Topliss-reactive ketones (excluding diaryl/α,β-unsaturated/α-hetero) is 1. The summed E-state index contributed by atoms with van der Waals surface area (Å²) in [5.74, 6) is -0.946. The molecule has 2 aliphatic rings. The first-order valence-corrected chi connectivity index (χ1v) is 12.4. The van der Waals surface area contributed by atoms with Crippen LogP contribution in [0.4, 0.5) is 0 Å². The fourth-order valence-corrected chi connectivity index (χ4v) is 5.55. The Balaban J connectivity index is 1.36. The van der Waals surface area contributed by atoms with E-state index < -0.39 is 23.4 Å². The smallest absolute Gasteiger partial charge is 0.271 e. The number of thiazole rings is 1. The molecule has 2 fully saturated rings. The summed E-state index contributed by atoms with van der Waals surface area (Å²) in [6, 6.07) is 15.0. The molecule has 1 aliphatic carbocycles. The van der Waals surface area contributed by atoms with Crippen molar-refractivity contribution in [3.63, 3.8) is 0 Å². The molecule has 3 unspecified atom stereocenters. The number of phenols is 1. The van der Waals surface area contributed by atoms with Crippen LogP contribution < -0.4 is 10.6 Å². The lowest BCUT2D eigenvalue weighted by molar-refractivity contribution is -0.131. The molecule has 1 saturated heterocycles. The molecule has 9 heteroatoms. The summed E-state index contributed by atoms with van der Waals surface area (Å²) in [5.41, 5.74) is 0.840. The van der Waals surface area contributed by atoms with Crippen molar-refractivity contribution in [1.82, 2.24) is 15.6 Å². The van der Waals surface area contributed by atoms with E-state index in [0.29, 0.717) is 17.8 Å². The molecule has 3 aromatic rings. The molecule has 3 atom stereocenters. The number of carbonyl (C=O) groups is 3. The number of carbonyl (C=O) groups excluding carboxylic acids is 3. The number of phenolic OH excluding ortho intramolecular Hbond substituents is 1. The lowest BCUT2D eigenvalue weighted by Gasteiger charge is -2.30. The van der Waals surface area contributed by atoms with Crippen LogP contribution in [-0.4, -0.2) is 52.0 Å². The molecule has 0 bridgehead atoms. The van der Waals surface area contributed by atoms with Crippen molar-refractivity contribution >= 4 is 28.9 Å². The van der Waals surface area contributed by atoms with Gasteiger partial charge in [-0.25, -0.2) is 4.98 Å². The van der Waals surface area contributed by atoms with Crippen molar-refractivity contribution in [3.05, 3.63) is 71.2 Å². The average Bonchev–Trinajstić information content (AvgIpc) is 3.58. The minimum absolute atomic E-state index is 0.0129. The normalized spacial score (nSPS) is 21.9. The maximum Gasteiger partial charge on any atom is 0.271 e. The van der Waals surface area contributed by atoms with Crippen LogP contribution in [0.25, 0.3) is 10.6 Å². The van der Waals surface area contributed by atoms with E-state index in [0.717, 1.165) is 17.5 Å². The molecule has 180 valence electrons. The number of nitrogens with zero attached hydrogens (tertiary/aromatic N) is 1. The van der Waals surface area contributed by atoms with Crippen molar-refractivity contribution in [2.45, 2.75) is 43.4 Å². The van der Waals surface area contributed by atoms with Crippen LogP contribution in [0.15, 0.2) is 60.0 Å². The highest BCUT2D eigenvalue weighted by atomic mass is 32.1. The lowest BCUT2D eigenvalue weighted by atomic mass is 9.91. The molecule has 1 aliphatic heterocycles. The fourth-order valence-electron chi connectivity index (χ4n) is 4.74. The van der Waals surface area contributed by atoms with E-state index in [1.807, 2.05) is 30.3 Å². The van der Waals surface area contributed by atoms with Gasteiger partial charge in [-0.05, 0) is 37.0 Å². The monoisotopic (exact) mass is 491 g/mol. The van der Waals surface area contributed by atoms with Gasteiger partial charge in [0, 0.05) is 17.4 Å². The van der Waals surface area contributed by atoms with Gasteiger partial charge in [-0.3, -0.25) is 14.4 Å². The summed E-state index contributed by atoms with van der Waals surface area (Å²) in [5, 5.41) is 17.7. The SMILES string of the molecule is O=C(NC(Cc1ccc(O)cc1)C(=O)NC12CCCC1OCC2=O)c1csc(-c2ccccc2)n1. The number of aromatic hydroxyl groups is 1. The summed E-state index contributed by atoms with van der Waals surface area (Å²) in [4.78, 5) is 43.6. The Hall–Kier alpha value is -3.56. The zero-order valence-corrected chi connectivity index (χ0v) is 19.7. The van der Waals surface area contributed by atoms with Crippen LogP contribution >= 0.6 is 11.3 Å². The van der Waals surface area contributed by atoms with Gasteiger partial charge in [-0.1, -0.05) is 42.5 Å². The van der Waals surface area contributed by atoms with Crippen molar-refractivity contribution in [1.29, 1.82) is 0 Å². The van der Waals surface area contributed by atoms with Crippen LogP contribution in [0.2, 0.25) is 0 Å². The van der Waals surface area contributed by atoms with E-state index in [4.69, 9.17) is 4.74 Å². The minimum Gasteiger partial charge on any atom is -0.508 e. The third-order valence-electron chi connectivity index (χ3n) is 6.60. The minimum atomic E-state index is -1.03. The van der Waals surface area contributed by atoms with Crippen LogP contribution in [0.5, 0.6) is 5.75 Å². The fraction of sp³-hybridized carbons (Fsp3) is 0.308. The first kappa shape index (κ1) is 23.2. The number of ketones is 1. The zero-order valence-electron chi connectivity index (χ0n) is 18.9. The van der Waals surface area contributed by atoms with E-state index >= 15 is 0 Å². The van der Waals surface area contributed by atoms with Crippen LogP contribution in [0.1, 0.15) is 35.3 Å². The van der Waals surface area contributed by atoms with Gasteiger partial charge in [-0.15, -0.1) is 11.3 Å². The molecule has 2 heterocycles. The molecular formula is C26H25N3O5S. The van der Waals surface area contributed by atoms with Gasteiger partial charge in [-0.2, -0.15) is 0 Å². The van der Waals surface area contributed by atoms with Gasteiger partial charge in [0.15, 0.2) is 5.78 Å². The van der Waals surface area contributed by atoms with Crippen LogP contribution in [0, 0.1) is 0 Å². The van der Waals surface area contributed by atoms with Gasteiger partial charge in [0.25, 0.3) is 5.91 Å². The van der Waals surface area contributed by atoms with Crippen molar-refractivity contribution in [2.24, 2.45) is 0 Å².